The molecule has 1 aliphatic carbocycles. The van der Waals surface area contributed by atoms with Gasteiger partial charge in [-0.15, -0.1) is 0 Å². The maximum atomic E-state index is 3.59. The number of benzene rings is 1. The average molecular weight is 240 g/mol. The maximum Gasteiger partial charge on any atom is 0.0210 e. The van der Waals surface area contributed by atoms with Crippen molar-refractivity contribution in [2.45, 2.75) is 24.8 Å². The highest BCUT2D eigenvalue weighted by molar-refractivity contribution is 9.10. The molecule has 2 rings (SSSR count). The highest BCUT2D eigenvalue weighted by Gasteiger charge is 2.29. The molecule has 1 saturated carbocycles. The highest BCUT2D eigenvalue weighted by atomic mass is 79.9. The highest BCUT2D eigenvalue weighted by Crippen LogP contribution is 2.39. The van der Waals surface area contributed by atoms with Crippen LogP contribution in [0.5, 0.6) is 0 Å². The standard InChI is InChI=1S/C11H14BrN/c1-13-9-6-8(7-9)10-4-2-3-5-11(10)12/h2-5,8-9,13H,6-7H2,1H3. The van der Waals surface area contributed by atoms with E-state index in [1.807, 2.05) is 7.05 Å². The predicted octanol–water partition coefficient (Wildman–Crippen LogP) is 2.91. The number of halogens is 1. The van der Waals surface area contributed by atoms with Crippen LogP contribution in [0.3, 0.4) is 0 Å². The largest absolute Gasteiger partial charge is 0.317 e. The smallest absolute Gasteiger partial charge is 0.0210 e. The lowest BCUT2D eigenvalue weighted by atomic mass is 9.76. The van der Waals surface area contributed by atoms with Gasteiger partial charge in [0.2, 0.25) is 0 Å². The van der Waals surface area contributed by atoms with Gasteiger partial charge in [-0.05, 0) is 37.4 Å². The van der Waals surface area contributed by atoms with Crippen LogP contribution in [0.25, 0.3) is 0 Å². The molecule has 0 spiro atoms. The first-order valence-corrected chi connectivity index (χ1v) is 5.52. The number of hydrogen-bond acceptors (Lipinski definition) is 1. The molecule has 0 aromatic heterocycles. The number of nitrogens with one attached hydrogen (secondary N) is 1. The lowest BCUT2D eigenvalue weighted by Gasteiger charge is -2.35. The summed E-state index contributed by atoms with van der Waals surface area (Å²) in [6.45, 7) is 0. The molecule has 1 aromatic carbocycles. The van der Waals surface area contributed by atoms with Crippen molar-refractivity contribution in [2.75, 3.05) is 7.05 Å². The average Bonchev–Trinajstić information content (AvgIpc) is 2.06. The molecule has 2 heteroatoms. The van der Waals surface area contributed by atoms with E-state index in [1.54, 1.807) is 0 Å². The van der Waals surface area contributed by atoms with E-state index in [9.17, 15) is 0 Å². The fourth-order valence-electron chi connectivity index (χ4n) is 1.91. The summed E-state index contributed by atoms with van der Waals surface area (Å²) >= 11 is 3.59. The molecule has 1 N–H and O–H groups in total. The van der Waals surface area contributed by atoms with Gasteiger partial charge >= 0.3 is 0 Å². The van der Waals surface area contributed by atoms with Crippen LogP contribution in [-0.2, 0) is 0 Å². The van der Waals surface area contributed by atoms with Crippen molar-refractivity contribution in [3.63, 3.8) is 0 Å². The Balaban J connectivity index is 2.07. The van der Waals surface area contributed by atoms with Crippen LogP contribution in [0.1, 0.15) is 24.3 Å². The second-order valence-corrected chi connectivity index (χ2v) is 4.53. The molecule has 0 saturated heterocycles. The van der Waals surface area contributed by atoms with E-state index in [0.717, 1.165) is 12.0 Å². The normalized spacial score (nSPS) is 26.9. The van der Waals surface area contributed by atoms with Crippen LogP contribution >= 0.6 is 15.9 Å². The number of hydrogen-bond donors (Lipinski definition) is 1. The van der Waals surface area contributed by atoms with Gasteiger partial charge < -0.3 is 5.32 Å². The zero-order valence-corrected chi connectivity index (χ0v) is 9.34. The lowest BCUT2D eigenvalue weighted by Crippen LogP contribution is -2.37. The van der Waals surface area contributed by atoms with E-state index in [2.05, 4.69) is 45.5 Å². The fraction of sp³-hybridized carbons (Fsp3) is 0.455. The lowest BCUT2D eigenvalue weighted by molar-refractivity contribution is 0.306. The summed E-state index contributed by atoms with van der Waals surface area (Å²) in [5.74, 6) is 0.757. The Kier molecular flexibility index (Phi) is 2.70. The molecule has 13 heavy (non-hydrogen) atoms. The molecule has 70 valence electrons. The molecule has 1 aromatic rings. The number of rotatable bonds is 2. The topological polar surface area (TPSA) is 12.0 Å². The van der Waals surface area contributed by atoms with E-state index in [1.165, 1.54) is 22.9 Å². The third-order valence-electron chi connectivity index (χ3n) is 2.89. The van der Waals surface area contributed by atoms with Crippen LogP contribution < -0.4 is 5.32 Å². The monoisotopic (exact) mass is 239 g/mol. The predicted molar refractivity (Wildman–Crippen MR) is 59.0 cm³/mol. The molecule has 0 bridgehead atoms. The fourth-order valence-corrected chi connectivity index (χ4v) is 2.52. The van der Waals surface area contributed by atoms with Crippen molar-refractivity contribution in [1.82, 2.24) is 5.32 Å². The van der Waals surface area contributed by atoms with Crippen molar-refractivity contribution in [3.05, 3.63) is 34.3 Å². The van der Waals surface area contributed by atoms with Gasteiger partial charge in [-0.25, -0.2) is 0 Å². The van der Waals surface area contributed by atoms with Gasteiger partial charge in [-0.2, -0.15) is 0 Å². The molecule has 1 nitrogen and oxygen atoms in total. The van der Waals surface area contributed by atoms with E-state index < -0.39 is 0 Å². The third-order valence-corrected chi connectivity index (χ3v) is 3.61. The Labute approximate surface area is 87.7 Å². The summed E-state index contributed by atoms with van der Waals surface area (Å²) in [4.78, 5) is 0. The molecule has 0 aliphatic heterocycles. The first kappa shape index (κ1) is 9.22. The Bertz CT molecular complexity index is 292. The molecule has 0 atom stereocenters. The van der Waals surface area contributed by atoms with Crippen LogP contribution in [0.2, 0.25) is 0 Å². The van der Waals surface area contributed by atoms with Crippen molar-refractivity contribution < 1.29 is 0 Å². The second kappa shape index (κ2) is 3.81. The maximum absolute atomic E-state index is 3.59. The summed E-state index contributed by atoms with van der Waals surface area (Å²) in [7, 11) is 2.04. The van der Waals surface area contributed by atoms with Gasteiger partial charge in [0.1, 0.15) is 0 Å². The van der Waals surface area contributed by atoms with E-state index >= 15 is 0 Å². The van der Waals surface area contributed by atoms with Crippen molar-refractivity contribution in [2.24, 2.45) is 0 Å². The molecular formula is C11H14BrN. The van der Waals surface area contributed by atoms with Crippen LogP contribution in [0, 0.1) is 0 Å². The molecule has 0 unspecified atom stereocenters. The minimum Gasteiger partial charge on any atom is -0.317 e. The minimum absolute atomic E-state index is 0.733. The minimum atomic E-state index is 0.733. The Morgan fingerprint density at radius 3 is 2.62 bits per heavy atom. The van der Waals surface area contributed by atoms with E-state index in [0.29, 0.717) is 0 Å². The Hall–Kier alpha value is -0.340. The van der Waals surface area contributed by atoms with Gasteiger partial charge in [0, 0.05) is 10.5 Å². The molecule has 0 heterocycles. The van der Waals surface area contributed by atoms with Gasteiger partial charge in [0.15, 0.2) is 0 Å². The quantitative estimate of drug-likeness (QED) is 0.838. The van der Waals surface area contributed by atoms with Gasteiger partial charge in [0.05, 0.1) is 0 Å². The van der Waals surface area contributed by atoms with Crippen LogP contribution in [-0.4, -0.2) is 13.1 Å². The molecule has 0 radical (unpaired) electrons. The first-order chi connectivity index (χ1) is 6.31. The molecule has 1 aliphatic rings. The van der Waals surface area contributed by atoms with Gasteiger partial charge in [-0.1, -0.05) is 34.1 Å². The summed E-state index contributed by atoms with van der Waals surface area (Å²) in [6, 6.07) is 9.27. The second-order valence-electron chi connectivity index (χ2n) is 3.68. The van der Waals surface area contributed by atoms with Crippen LogP contribution in [0.4, 0.5) is 0 Å². The van der Waals surface area contributed by atoms with Gasteiger partial charge in [-0.3, -0.25) is 0 Å². The molecule has 1 fully saturated rings. The molecular weight excluding hydrogens is 226 g/mol. The zero-order chi connectivity index (χ0) is 9.26. The van der Waals surface area contributed by atoms with Crippen LogP contribution in [0.15, 0.2) is 28.7 Å². The van der Waals surface area contributed by atoms with Crippen molar-refractivity contribution in [1.29, 1.82) is 0 Å². The summed E-state index contributed by atoms with van der Waals surface area (Å²) in [5.41, 5.74) is 1.47. The Morgan fingerprint density at radius 2 is 2.00 bits per heavy atom. The van der Waals surface area contributed by atoms with Crippen molar-refractivity contribution >= 4 is 15.9 Å². The third kappa shape index (κ3) is 1.79. The summed E-state index contributed by atoms with van der Waals surface area (Å²) in [5, 5.41) is 3.31. The summed E-state index contributed by atoms with van der Waals surface area (Å²) < 4.78 is 1.26. The first-order valence-electron chi connectivity index (χ1n) is 4.73. The SMILES string of the molecule is CNC1CC(c2ccccc2Br)C1. The molecule has 0 amide bonds. The van der Waals surface area contributed by atoms with Gasteiger partial charge in [0.25, 0.3) is 0 Å². The van der Waals surface area contributed by atoms with Crippen molar-refractivity contribution in [3.8, 4) is 0 Å². The summed E-state index contributed by atoms with van der Waals surface area (Å²) in [6.07, 6.45) is 2.55. The Morgan fingerprint density at radius 1 is 1.31 bits per heavy atom. The van der Waals surface area contributed by atoms with E-state index in [4.69, 9.17) is 0 Å². The zero-order valence-electron chi connectivity index (χ0n) is 7.76. The van der Waals surface area contributed by atoms with E-state index in [-0.39, 0.29) is 0 Å².